The van der Waals surface area contributed by atoms with Gasteiger partial charge in [0.1, 0.15) is 6.20 Å². The van der Waals surface area contributed by atoms with Gasteiger partial charge in [0.2, 0.25) is 11.8 Å². The average molecular weight is 283 g/mol. The van der Waals surface area contributed by atoms with E-state index in [0.717, 1.165) is 31.9 Å². The monoisotopic (exact) mass is 283 g/mol. The molecule has 19 heavy (non-hydrogen) atoms. The van der Waals surface area contributed by atoms with Crippen LogP contribution in [0.25, 0.3) is 0 Å². The van der Waals surface area contributed by atoms with Crippen molar-refractivity contribution in [2.45, 2.75) is 37.0 Å². The lowest BCUT2D eigenvalue weighted by atomic mass is 9.95. The van der Waals surface area contributed by atoms with E-state index < -0.39 is 4.92 Å². The smallest absolute Gasteiger partial charge is 0.329 e. The van der Waals surface area contributed by atoms with Crippen LogP contribution in [0.2, 0.25) is 0 Å². The third-order valence-corrected chi connectivity index (χ3v) is 4.47. The van der Waals surface area contributed by atoms with Gasteiger partial charge in [0, 0.05) is 11.3 Å². The van der Waals surface area contributed by atoms with Gasteiger partial charge in [-0.15, -0.1) is 0 Å². The van der Waals surface area contributed by atoms with Gasteiger partial charge in [0.05, 0.1) is 4.92 Å². The van der Waals surface area contributed by atoms with Crippen LogP contribution >= 0.6 is 11.8 Å². The fourth-order valence-corrected chi connectivity index (χ4v) is 3.01. The van der Waals surface area contributed by atoms with Gasteiger partial charge in [-0.1, -0.05) is 0 Å². The maximum absolute atomic E-state index is 10.9. The Labute approximate surface area is 115 Å². The minimum atomic E-state index is -0.491. The van der Waals surface area contributed by atoms with E-state index in [1.54, 1.807) is 0 Å². The molecule has 104 valence electrons. The zero-order valence-corrected chi connectivity index (χ0v) is 11.5. The molecule has 1 aliphatic carbocycles. The van der Waals surface area contributed by atoms with Crippen LogP contribution in [-0.4, -0.2) is 32.4 Å². The molecule has 2 rings (SSSR count). The second-order valence-electron chi connectivity index (χ2n) is 4.57. The number of aromatic nitrogens is 2. The Bertz CT molecular complexity index is 462. The van der Waals surface area contributed by atoms with Crippen molar-refractivity contribution in [2.24, 2.45) is 0 Å². The molecule has 3 N–H and O–H groups in total. The molecule has 8 heteroatoms. The number of hydrogen-bond acceptors (Lipinski definition) is 7. The molecule has 7 nitrogen and oxygen atoms in total. The molecule has 1 fully saturated rings. The van der Waals surface area contributed by atoms with Crippen LogP contribution in [0.4, 0.5) is 17.5 Å². The minimum absolute atomic E-state index is 0.0471. The topological polar surface area (TPSA) is 107 Å². The quantitative estimate of drug-likeness (QED) is 0.643. The van der Waals surface area contributed by atoms with Gasteiger partial charge in [-0.2, -0.15) is 16.7 Å². The van der Waals surface area contributed by atoms with Crippen molar-refractivity contribution in [3.05, 3.63) is 16.3 Å². The Hall–Kier alpha value is -1.57. The molecule has 0 amide bonds. The van der Waals surface area contributed by atoms with E-state index in [4.69, 9.17) is 5.73 Å². The van der Waals surface area contributed by atoms with E-state index >= 15 is 0 Å². The Balaban J connectivity index is 2.06. The second kappa shape index (κ2) is 6.05. The van der Waals surface area contributed by atoms with Crippen molar-refractivity contribution in [3.63, 3.8) is 0 Å². The van der Waals surface area contributed by atoms with E-state index in [-0.39, 0.29) is 23.5 Å². The summed E-state index contributed by atoms with van der Waals surface area (Å²) in [4.78, 5) is 18.0. The predicted octanol–water partition coefficient (Wildman–Crippen LogP) is 2.05. The SMILES string of the molecule is CSC1CCC(Nc2nc(N)ncc2[N+](=O)[O-])CC1. The molecule has 0 bridgehead atoms. The Morgan fingerprint density at radius 1 is 1.47 bits per heavy atom. The van der Waals surface area contributed by atoms with Crippen molar-refractivity contribution in [3.8, 4) is 0 Å². The van der Waals surface area contributed by atoms with Crippen LogP contribution in [0.5, 0.6) is 0 Å². The highest BCUT2D eigenvalue weighted by atomic mass is 32.2. The zero-order valence-electron chi connectivity index (χ0n) is 10.7. The minimum Gasteiger partial charge on any atom is -0.368 e. The summed E-state index contributed by atoms with van der Waals surface area (Å²) in [5.41, 5.74) is 5.36. The number of thioether (sulfide) groups is 1. The molecular formula is C11H17N5O2S. The maximum atomic E-state index is 10.9. The number of rotatable bonds is 4. The Kier molecular flexibility index (Phi) is 4.41. The molecule has 0 saturated heterocycles. The number of anilines is 2. The molecule has 0 unspecified atom stereocenters. The molecule has 1 aromatic rings. The summed E-state index contributed by atoms with van der Waals surface area (Å²) in [6.45, 7) is 0. The lowest BCUT2D eigenvalue weighted by Gasteiger charge is -2.28. The zero-order chi connectivity index (χ0) is 13.8. The first-order chi connectivity index (χ1) is 9.10. The molecule has 0 radical (unpaired) electrons. The van der Waals surface area contributed by atoms with Crippen molar-refractivity contribution in [1.82, 2.24) is 9.97 Å². The number of nitrogens with one attached hydrogen (secondary N) is 1. The summed E-state index contributed by atoms with van der Waals surface area (Å²) in [5.74, 6) is 0.274. The predicted molar refractivity (Wildman–Crippen MR) is 76.3 cm³/mol. The van der Waals surface area contributed by atoms with Crippen molar-refractivity contribution < 1.29 is 4.92 Å². The van der Waals surface area contributed by atoms with Gasteiger partial charge >= 0.3 is 5.69 Å². The Morgan fingerprint density at radius 2 is 2.16 bits per heavy atom. The number of nitro groups is 1. The van der Waals surface area contributed by atoms with E-state index in [1.165, 1.54) is 0 Å². The van der Waals surface area contributed by atoms with Gasteiger partial charge in [0.25, 0.3) is 0 Å². The molecule has 0 atom stereocenters. The highest BCUT2D eigenvalue weighted by Gasteiger charge is 2.24. The lowest BCUT2D eigenvalue weighted by Crippen LogP contribution is -2.28. The number of nitrogens with zero attached hydrogens (tertiary/aromatic N) is 3. The Morgan fingerprint density at radius 3 is 2.74 bits per heavy atom. The highest BCUT2D eigenvalue weighted by molar-refractivity contribution is 7.99. The first kappa shape index (κ1) is 13.9. The van der Waals surface area contributed by atoms with Crippen molar-refractivity contribution in [2.75, 3.05) is 17.3 Å². The van der Waals surface area contributed by atoms with Crippen LogP contribution in [0.15, 0.2) is 6.20 Å². The highest BCUT2D eigenvalue weighted by Crippen LogP contribution is 2.30. The van der Waals surface area contributed by atoms with E-state index in [0.29, 0.717) is 5.25 Å². The maximum Gasteiger partial charge on any atom is 0.329 e. The molecular weight excluding hydrogens is 266 g/mol. The molecule has 0 spiro atoms. The normalized spacial score (nSPS) is 23.0. The number of hydrogen-bond donors (Lipinski definition) is 2. The average Bonchev–Trinajstić information content (AvgIpc) is 2.39. The van der Waals surface area contributed by atoms with E-state index in [2.05, 4.69) is 21.5 Å². The van der Waals surface area contributed by atoms with Crippen molar-refractivity contribution >= 4 is 29.2 Å². The lowest BCUT2D eigenvalue weighted by molar-refractivity contribution is -0.384. The van der Waals surface area contributed by atoms with E-state index in [9.17, 15) is 10.1 Å². The van der Waals surface area contributed by atoms with Crippen LogP contribution in [0, 0.1) is 10.1 Å². The second-order valence-corrected chi connectivity index (χ2v) is 5.71. The van der Waals surface area contributed by atoms with Crippen molar-refractivity contribution in [1.29, 1.82) is 0 Å². The van der Waals surface area contributed by atoms with Gasteiger partial charge in [0.15, 0.2) is 0 Å². The van der Waals surface area contributed by atoms with Crippen LogP contribution < -0.4 is 11.1 Å². The first-order valence-electron chi connectivity index (χ1n) is 6.16. The first-order valence-corrected chi connectivity index (χ1v) is 7.45. The van der Waals surface area contributed by atoms with E-state index in [1.807, 2.05) is 11.8 Å². The fourth-order valence-electron chi connectivity index (χ4n) is 2.27. The summed E-state index contributed by atoms with van der Waals surface area (Å²) < 4.78 is 0. The molecule has 1 saturated carbocycles. The third-order valence-electron chi connectivity index (χ3n) is 3.33. The number of nitrogens with two attached hydrogens (primary N) is 1. The largest absolute Gasteiger partial charge is 0.368 e. The number of nitrogen functional groups attached to an aromatic ring is 1. The standard InChI is InChI=1S/C11H17N5O2S/c1-19-8-4-2-7(3-5-8)14-10-9(16(17)18)6-13-11(12)15-10/h6-8H,2-5H2,1H3,(H3,12,13,14,15). The summed E-state index contributed by atoms with van der Waals surface area (Å²) >= 11 is 1.88. The fraction of sp³-hybridized carbons (Fsp3) is 0.636. The summed E-state index contributed by atoms with van der Waals surface area (Å²) in [7, 11) is 0. The summed E-state index contributed by atoms with van der Waals surface area (Å²) in [5, 5.41) is 14.7. The molecule has 0 aromatic carbocycles. The van der Waals surface area contributed by atoms with Crippen LogP contribution in [-0.2, 0) is 0 Å². The molecule has 1 aromatic heterocycles. The molecule has 1 aliphatic rings. The molecule has 1 heterocycles. The van der Waals surface area contributed by atoms with Gasteiger partial charge < -0.3 is 11.1 Å². The molecule has 0 aliphatic heterocycles. The van der Waals surface area contributed by atoms with Crippen LogP contribution in [0.1, 0.15) is 25.7 Å². The van der Waals surface area contributed by atoms with Gasteiger partial charge in [-0.05, 0) is 31.9 Å². The van der Waals surface area contributed by atoms with Gasteiger partial charge in [-0.3, -0.25) is 10.1 Å². The van der Waals surface area contributed by atoms with Crippen LogP contribution in [0.3, 0.4) is 0 Å². The summed E-state index contributed by atoms with van der Waals surface area (Å²) in [6.07, 6.45) is 7.49. The third kappa shape index (κ3) is 3.46. The summed E-state index contributed by atoms with van der Waals surface area (Å²) in [6, 6.07) is 0.219. The van der Waals surface area contributed by atoms with Gasteiger partial charge in [-0.25, -0.2) is 4.98 Å².